The van der Waals surface area contributed by atoms with Crippen LogP contribution < -0.4 is 5.32 Å². The third-order valence-electron chi connectivity index (χ3n) is 5.17. The van der Waals surface area contributed by atoms with Crippen molar-refractivity contribution in [3.05, 3.63) is 29.3 Å². The number of carbonyl (C=O) groups excluding carboxylic acids is 1. The molecule has 1 fully saturated rings. The predicted molar refractivity (Wildman–Crippen MR) is 85.9 cm³/mol. The molecule has 1 aliphatic carbocycles. The Morgan fingerprint density at radius 2 is 2.05 bits per heavy atom. The van der Waals surface area contributed by atoms with Gasteiger partial charge in [0.25, 0.3) is 5.91 Å². The van der Waals surface area contributed by atoms with Crippen LogP contribution in [0.4, 0.5) is 5.69 Å². The summed E-state index contributed by atoms with van der Waals surface area (Å²) in [5.74, 6) is 0.137. The number of nitrogens with one attached hydrogen (secondary N) is 1. The van der Waals surface area contributed by atoms with Gasteiger partial charge in [-0.25, -0.2) is 0 Å². The minimum Gasteiger partial charge on any atom is -0.384 e. The fraction of sp³-hybridized carbons (Fsp3) is 0.588. The smallest absolute Gasteiger partial charge is 0.253 e. The molecular formula is C17H25N3O. The molecule has 1 heterocycles. The summed E-state index contributed by atoms with van der Waals surface area (Å²) in [7, 11) is 6.18. The molecule has 0 radical (unpaired) electrons. The van der Waals surface area contributed by atoms with E-state index in [1.807, 2.05) is 24.1 Å². The van der Waals surface area contributed by atoms with E-state index in [4.69, 9.17) is 0 Å². The van der Waals surface area contributed by atoms with Crippen LogP contribution in [0.5, 0.6) is 0 Å². The lowest BCUT2D eigenvalue weighted by atomic mass is 9.75. The van der Waals surface area contributed by atoms with Gasteiger partial charge in [0.2, 0.25) is 0 Å². The summed E-state index contributed by atoms with van der Waals surface area (Å²) in [6.07, 6.45) is 4.66. The summed E-state index contributed by atoms with van der Waals surface area (Å²) in [6.45, 7) is 1.79. The van der Waals surface area contributed by atoms with Gasteiger partial charge in [-0.2, -0.15) is 0 Å². The molecule has 1 N–H and O–H groups in total. The average molecular weight is 287 g/mol. The van der Waals surface area contributed by atoms with Gasteiger partial charge in [-0.1, -0.05) is 0 Å². The molecule has 0 spiro atoms. The molecule has 4 nitrogen and oxygen atoms in total. The van der Waals surface area contributed by atoms with Crippen LogP contribution in [-0.2, 0) is 6.42 Å². The highest BCUT2D eigenvalue weighted by Crippen LogP contribution is 2.37. The van der Waals surface area contributed by atoms with E-state index < -0.39 is 0 Å². The molecule has 0 aromatic heterocycles. The van der Waals surface area contributed by atoms with E-state index in [1.54, 1.807) is 0 Å². The van der Waals surface area contributed by atoms with Crippen molar-refractivity contribution in [1.29, 1.82) is 0 Å². The van der Waals surface area contributed by atoms with Crippen molar-refractivity contribution in [3.8, 4) is 0 Å². The van der Waals surface area contributed by atoms with Crippen LogP contribution in [0.15, 0.2) is 18.2 Å². The van der Waals surface area contributed by atoms with Crippen molar-refractivity contribution in [2.45, 2.75) is 31.2 Å². The molecule has 0 unspecified atom stereocenters. The third kappa shape index (κ3) is 2.53. The minimum absolute atomic E-state index is 0.137. The number of rotatable bonds is 4. The number of hydrogen-bond acceptors (Lipinski definition) is 3. The number of anilines is 1. The number of fused-ring (bicyclic) bond motifs is 1. The summed E-state index contributed by atoms with van der Waals surface area (Å²) in [5.41, 5.74) is 3.44. The first kappa shape index (κ1) is 14.4. The molecule has 1 aromatic rings. The number of carbonyl (C=O) groups is 1. The van der Waals surface area contributed by atoms with Gasteiger partial charge in [0.1, 0.15) is 0 Å². The van der Waals surface area contributed by atoms with Crippen molar-refractivity contribution in [2.24, 2.45) is 0 Å². The summed E-state index contributed by atoms with van der Waals surface area (Å²) >= 11 is 0. The topological polar surface area (TPSA) is 35.6 Å². The fourth-order valence-electron chi connectivity index (χ4n) is 3.50. The fourth-order valence-corrected chi connectivity index (χ4v) is 3.50. The largest absolute Gasteiger partial charge is 0.384 e. The first-order valence-electron chi connectivity index (χ1n) is 7.82. The highest BCUT2D eigenvalue weighted by molar-refractivity contribution is 5.95. The molecule has 114 valence electrons. The van der Waals surface area contributed by atoms with E-state index in [0.29, 0.717) is 0 Å². The zero-order valence-electron chi connectivity index (χ0n) is 13.3. The maximum absolute atomic E-state index is 12.7. The zero-order valence-corrected chi connectivity index (χ0v) is 13.3. The maximum Gasteiger partial charge on any atom is 0.253 e. The third-order valence-corrected chi connectivity index (χ3v) is 5.17. The van der Waals surface area contributed by atoms with Gasteiger partial charge in [-0.3, -0.25) is 4.79 Å². The second kappa shape index (κ2) is 5.34. The molecular weight excluding hydrogens is 262 g/mol. The van der Waals surface area contributed by atoms with Gasteiger partial charge < -0.3 is 15.1 Å². The summed E-state index contributed by atoms with van der Waals surface area (Å²) in [5, 5.41) is 3.34. The molecule has 21 heavy (non-hydrogen) atoms. The first-order chi connectivity index (χ1) is 10.0. The van der Waals surface area contributed by atoms with E-state index >= 15 is 0 Å². The van der Waals surface area contributed by atoms with Crippen molar-refractivity contribution in [2.75, 3.05) is 39.5 Å². The van der Waals surface area contributed by atoms with Crippen molar-refractivity contribution in [3.63, 3.8) is 0 Å². The normalized spacial score (nSPS) is 18.9. The molecule has 3 rings (SSSR count). The Balaban J connectivity index is 1.72. The molecule has 4 heteroatoms. The van der Waals surface area contributed by atoms with E-state index in [0.717, 1.165) is 25.1 Å². The second-order valence-corrected chi connectivity index (χ2v) is 6.68. The molecule has 0 saturated heterocycles. The van der Waals surface area contributed by atoms with Gasteiger partial charge in [0.15, 0.2) is 0 Å². The summed E-state index contributed by atoms with van der Waals surface area (Å²) in [6, 6.07) is 6.03. The Morgan fingerprint density at radius 3 is 2.67 bits per heavy atom. The predicted octanol–water partition coefficient (Wildman–Crippen LogP) is 2.21. The molecule has 0 bridgehead atoms. The number of likely N-dealkylation sites (N-methyl/N-ethyl adjacent to an activating group) is 2. The van der Waals surface area contributed by atoms with Crippen LogP contribution in [0.25, 0.3) is 0 Å². The van der Waals surface area contributed by atoms with Crippen molar-refractivity contribution >= 4 is 11.6 Å². The Kier molecular flexibility index (Phi) is 3.66. The monoisotopic (exact) mass is 287 g/mol. The molecule has 1 amide bonds. The van der Waals surface area contributed by atoms with E-state index in [9.17, 15) is 4.79 Å². The Morgan fingerprint density at radius 1 is 1.29 bits per heavy atom. The van der Waals surface area contributed by atoms with Gasteiger partial charge in [0, 0.05) is 36.9 Å². The Labute approximate surface area is 127 Å². The lowest BCUT2D eigenvalue weighted by molar-refractivity contribution is 0.0252. The lowest BCUT2D eigenvalue weighted by Gasteiger charge is -2.49. The molecule has 1 aromatic carbocycles. The van der Waals surface area contributed by atoms with Gasteiger partial charge in [0.05, 0.1) is 0 Å². The molecule has 1 aliphatic heterocycles. The van der Waals surface area contributed by atoms with Crippen LogP contribution in [0.2, 0.25) is 0 Å². The summed E-state index contributed by atoms with van der Waals surface area (Å²) < 4.78 is 0. The lowest BCUT2D eigenvalue weighted by Crippen LogP contribution is -2.57. The first-order valence-corrected chi connectivity index (χ1v) is 7.82. The summed E-state index contributed by atoms with van der Waals surface area (Å²) in [4.78, 5) is 16.8. The molecule has 0 atom stereocenters. The van der Waals surface area contributed by atoms with Crippen LogP contribution in [0.3, 0.4) is 0 Å². The van der Waals surface area contributed by atoms with E-state index in [-0.39, 0.29) is 11.4 Å². The number of amides is 1. The van der Waals surface area contributed by atoms with Crippen LogP contribution >= 0.6 is 0 Å². The quantitative estimate of drug-likeness (QED) is 0.922. The Hall–Kier alpha value is -1.55. The van der Waals surface area contributed by atoms with Crippen LogP contribution in [0, 0.1) is 0 Å². The number of hydrogen-bond donors (Lipinski definition) is 1. The van der Waals surface area contributed by atoms with Crippen molar-refractivity contribution < 1.29 is 4.79 Å². The van der Waals surface area contributed by atoms with Gasteiger partial charge in [-0.15, -0.1) is 0 Å². The van der Waals surface area contributed by atoms with Gasteiger partial charge >= 0.3 is 0 Å². The second-order valence-electron chi connectivity index (χ2n) is 6.68. The standard InChI is InChI=1S/C17H25N3O/c1-19(2)17(8-4-9-17)12-20(3)16(21)14-5-6-15-13(11-14)7-10-18-15/h5-6,11,18H,4,7-10,12H2,1-3H3. The number of benzene rings is 1. The van der Waals surface area contributed by atoms with E-state index in [1.165, 1.54) is 30.5 Å². The highest BCUT2D eigenvalue weighted by Gasteiger charge is 2.40. The van der Waals surface area contributed by atoms with Crippen LogP contribution in [-0.4, -0.2) is 55.5 Å². The minimum atomic E-state index is 0.137. The maximum atomic E-state index is 12.7. The Bertz CT molecular complexity index is 549. The van der Waals surface area contributed by atoms with Crippen LogP contribution in [0.1, 0.15) is 35.2 Å². The molecule has 2 aliphatic rings. The number of nitrogens with zero attached hydrogens (tertiary/aromatic N) is 2. The zero-order chi connectivity index (χ0) is 15.0. The molecule has 1 saturated carbocycles. The van der Waals surface area contributed by atoms with Crippen molar-refractivity contribution in [1.82, 2.24) is 9.80 Å². The SMILES string of the molecule is CN(CC1(N(C)C)CCC1)C(=O)c1ccc2c(c1)CCN2. The highest BCUT2D eigenvalue weighted by atomic mass is 16.2. The average Bonchev–Trinajstić information content (AvgIpc) is 2.88. The van der Waals surface area contributed by atoms with E-state index in [2.05, 4.69) is 30.4 Å². The van der Waals surface area contributed by atoms with Gasteiger partial charge in [-0.05, 0) is 63.5 Å².